The average molecular weight is 343 g/mol. The second-order valence-electron chi connectivity index (χ2n) is 5.93. The summed E-state index contributed by atoms with van der Waals surface area (Å²) in [7, 11) is 0. The van der Waals surface area contributed by atoms with Crippen LogP contribution in [0.15, 0.2) is 42.7 Å². The van der Waals surface area contributed by atoms with Crippen molar-refractivity contribution in [3.8, 4) is 0 Å². The molecule has 2 heterocycles. The second kappa shape index (κ2) is 8.53. The third kappa shape index (κ3) is 4.73. The van der Waals surface area contributed by atoms with Gasteiger partial charge in [0.1, 0.15) is 5.82 Å². The number of hydrogen-bond donors (Lipinski definition) is 1. The third-order valence-corrected chi connectivity index (χ3v) is 4.27. The van der Waals surface area contributed by atoms with Gasteiger partial charge in [-0.2, -0.15) is 0 Å². The van der Waals surface area contributed by atoms with Crippen LogP contribution in [0, 0.1) is 5.82 Å². The van der Waals surface area contributed by atoms with Gasteiger partial charge in [-0.3, -0.25) is 4.79 Å². The van der Waals surface area contributed by atoms with Crippen molar-refractivity contribution in [2.45, 2.75) is 6.42 Å². The molecule has 25 heavy (non-hydrogen) atoms. The van der Waals surface area contributed by atoms with E-state index in [1.807, 2.05) is 11.0 Å². The Bertz CT molecular complexity index is 689. The molecule has 1 aromatic heterocycles. The second-order valence-corrected chi connectivity index (χ2v) is 5.93. The van der Waals surface area contributed by atoms with Crippen LogP contribution < -0.4 is 10.2 Å². The van der Waals surface area contributed by atoms with Gasteiger partial charge in [0.2, 0.25) is 11.9 Å². The molecule has 0 radical (unpaired) electrons. The molecule has 0 bridgehead atoms. The molecule has 1 aliphatic rings. The summed E-state index contributed by atoms with van der Waals surface area (Å²) in [5, 5.41) is 3.10. The van der Waals surface area contributed by atoms with Crippen molar-refractivity contribution in [2.24, 2.45) is 0 Å². The standard InChI is InChI=1S/C18H22FN5O/c19-16-5-2-1-4-15(16)6-9-20-14-17(25)23-10-12-24(13-11-23)18-21-7-3-8-22-18/h1-5,7-8,20H,6,9-14H2. The van der Waals surface area contributed by atoms with Crippen molar-refractivity contribution in [1.29, 1.82) is 0 Å². The number of carbonyl (C=O) groups excluding carboxylic acids is 1. The molecule has 0 aliphatic carbocycles. The van der Waals surface area contributed by atoms with Crippen LogP contribution in [0.4, 0.5) is 10.3 Å². The molecule has 7 heteroatoms. The van der Waals surface area contributed by atoms with Crippen molar-refractivity contribution in [1.82, 2.24) is 20.2 Å². The highest BCUT2D eigenvalue weighted by atomic mass is 19.1. The van der Waals surface area contributed by atoms with Gasteiger partial charge in [-0.05, 0) is 30.7 Å². The Balaban J connectivity index is 1.37. The molecule has 2 aromatic rings. The van der Waals surface area contributed by atoms with Crippen molar-refractivity contribution in [3.63, 3.8) is 0 Å². The monoisotopic (exact) mass is 343 g/mol. The lowest BCUT2D eigenvalue weighted by Crippen LogP contribution is -2.51. The fourth-order valence-corrected chi connectivity index (χ4v) is 2.84. The first kappa shape index (κ1) is 17.3. The molecular weight excluding hydrogens is 321 g/mol. The Morgan fingerprint density at radius 2 is 1.80 bits per heavy atom. The lowest BCUT2D eigenvalue weighted by atomic mass is 10.1. The molecule has 0 spiro atoms. The van der Waals surface area contributed by atoms with E-state index in [0.717, 1.165) is 13.1 Å². The first-order valence-electron chi connectivity index (χ1n) is 8.48. The Kier molecular flexibility index (Phi) is 5.90. The lowest BCUT2D eigenvalue weighted by Gasteiger charge is -2.34. The topological polar surface area (TPSA) is 61.4 Å². The molecule has 1 amide bonds. The summed E-state index contributed by atoms with van der Waals surface area (Å²) in [6.07, 6.45) is 4.01. The smallest absolute Gasteiger partial charge is 0.236 e. The SMILES string of the molecule is O=C(CNCCc1ccccc1F)N1CCN(c2ncccn2)CC1. The lowest BCUT2D eigenvalue weighted by molar-refractivity contribution is -0.130. The van der Waals surface area contributed by atoms with Gasteiger partial charge in [0.25, 0.3) is 0 Å². The first-order chi connectivity index (χ1) is 12.2. The van der Waals surface area contributed by atoms with E-state index >= 15 is 0 Å². The maximum absolute atomic E-state index is 13.5. The average Bonchev–Trinajstić information content (AvgIpc) is 2.67. The maximum atomic E-state index is 13.5. The molecule has 1 fully saturated rings. The van der Waals surface area contributed by atoms with Gasteiger partial charge < -0.3 is 15.1 Å². The van der Waals surface area contributed by atoms with Crippen LogP contribution in [0.5, 0.6) is 0 Å². The largest absolute Gasteiger partial charge is 0.338 e. The van der Waals surface area contributed by atoms with Gasteiger partial charge in [0.05, 0.1) is 6.54 Å². The quantitative estimate of drug-likeness (QED) is 0.796. The zero-order valence-electron chi connectivity index (χ0n) is 14.1. The number of halogens is 1. The Morgan fingerprint density at radius 3 is 2.52 bits per heavy atom. The number of nitrogens with zero attached hydrogens (tertiary/aromatic N) is 4. The van der Waals surface area contributed by atoms with Crippen molar-refractivity contribution < 1.29 is 9.18 Å². The number of benzene rings is 1. The molecule has 1 aliphatic heterocycles. The summed E-state index contributed by atoms with van der Waals surface area (Å²) < 4.78 is 13.5. The summed E-state index contributed by atoms with van der Waals surface area (Å²) in [5.41, 5.74) is 0.666. The molecule has 1 saturated heterocycles. The number of nitrogens with one attached hydrogen (secondary N) is 1. The predicted octanol–water partition coefficient (Wildman–Crippen LogP) is 1.10. The first-order valence-corrected chi connectivity index (χ1v) is 8.48. The van der Waals surface area contributed by atoms with Crippen LogP contribution in [0.2, 0.25) is 0 Å². The summed E-state index contributed by atoms with van der Waals surface area (Å²) >= 11 is 0. The Hall–Kier alpha value is -2.54. The van der Waals surface area contributed by atoms with E-state index in [-0.39, 0.29) is 18.3 Å². The minimum absolute atomic E-state index is 0.0714. The predicted molar refractivity (Wildman–Crippen MR) is 93.8 cm³/mol. The third-order valence-electron chi connectivity index (χ3n) is 4.27. The zero-order valence-corrected chi connectivity index (χ0v) is 14.1. The van der Waals surface area contributed by atoms with Crippen LogP contribution in [0.25, 0.3) is 0 Å². The van der Waals surface area contributed by atoms with Crippen LogP contribution in [0.1, 0.15) is 5.56 Å². The van der Waals surface area contributed by atoms with E-state index in [0.29, 0.717) is 37.6 Å². The van der Waals surface area contributed by atoms with Crippen molar-refractivity contribution in [3.05, 3.63) is 54.1 Å². The molecule has 0 saturated carbocycles. The van der Waals surface area contributed by atoms with Crippen molar-refractivity contribution in [2.75, 3.05) is 44.2 Å². The minimum Gasteiger partial charge on any atom is -0.338 e. The number of hydrogen-bond acceptors (Lipinski definition) is 5. The molecule has 0 atom stereocenters. The van der Waals surface area contributed by atoms with Crippen LogP contribution in [-0.2, 0) is 11.2 Å². The summed E-state index contributed by atoms with van der Waals surface area (Å²) in [6, 6.07) is 8.51. The van der Waals surface area contributed by atoms with Crippen LogP contribution >= 0.6 is 0 Å². The normalized spacial score (nSPS) is 14.6. The molecule has 3 rings (SSSR count). The highest BCUT2D eigenvalue weighted by Gasteiger charge is 2.21. The molecular formula is C18H22FN5O. The van der Waals surface area contributed by atoms with E-state index in [1.54, 1.807) is 30.6 Å². The Morgan fingerprint density at radius 1 is 1.08 bits per heavy atom. The van der Waals surface area contributed by atoms with E-state index in [1.165, 1.54) is 6.07 Å². The summed E-state index contributed by atoms with van der Waals surface area (Å²) in [6.45, 7) is 3.62. The molecule has 1 aromatic carbocycles. The summed E-state index contributed by atoms with van der Waals surface area (Å²) in [4.78, 5) is 24.7. The number of anilines is 1. The van der Waals surface area contributed by atoms with Crippen molar-refractivity contribution >= 4 is 11.9 Å². The minimum atomic E-state index is -0.199. The number of amides is 1. The molecule has 0 unspecified atom stereocenters. The Labute approximate surface area is 146 Å². The fourth-order valence-electron chi connectivity index (χ4n) is 2.84. The fraction of sp³-hybridized carbons (Fsp3) is 0.389. The number of rotatable bonds is 6. The van der Waals surface area contributed by atoms with E-state index < -0.39 is 0 Å². The number of aromatic nitrogens is 2. The van der Waals surface area contributed by atoms with Gasteiger partial charge in [-0.25, -0.2) is 14.4 Å². The van der Waals surface area contributed by atoms with E-state index in [2.05, 4.69) is 20.2 Å². The van der Waals surface area contributed by atoms with Gasteiger partial charge in [-0.15, -0.1) is 0 Å². The van der Waals surface area contributed by atoms with Crippen LogP contribution in [0.3, 0.4) is 0 Å². The zero-order chi connectivity index (χ0) is 17.5. The van der Waals surface area contributed by atoms with E-state index in [9.17, 15) is 9.18 Å². The van der Waals surface area contributed by atoms with Gasteiger partial charge in [0.15, 0.2) is 0 Å². The molecule has 132 valence electrons. The number of piperazine rings is 1. The van der Waals surface area contributed by atoms with Gasteiger partial charge >= 0.3 is 0 Å². The molecule has 6 nitrogen and oxygen atoms in total. The molecule has 1 N–H and O–H groups in total. The highest BCUT2D eigenvalue weighted by molar-refractivity contribution is 5.78. The summed E-state index contributed by atoms with van der Waals surface area (Å²) in [5.74, 6) is 0.578. The van der Waals surface area contributed by atoms with Crippen LogP contribution in [-0.4, -0.2) is 60.0 Å². The van der Waals surface area contributed by atoms with E-state index in [4.69, 9.17) is 0 Å². The maximum Gasteiger partial charge on any atom is 0.236 e. The van der Waals surface area contributed by atoms with Gasteiger partial charge in [0, 0.05) is 38.6 Å². The highest BCUT2D eigenvalue weighted by Crippen LogP contribution is 2.09. The number of carbonyl (C=O) groups is 1. The van der Waals surface area contributed by atoms with Gasteiger partial charge in [-0.1, -0.05) is 18.2 Å².